The number of carbonyl (C=O) groups excluding carboxylic acids is 1. The number of halogens is 4. The summed E-state index contributed by atoms with van der Waals surface area (Å²) in [5.41, 5.74) is -0.259. The van der Waals surface area contributed by atoms with Crippen molar-refractivity contribution in [3.05, 3.63) is 22.4 Å². The highest BCUT2D eigenvalue weighted by Gasteiger charge is 2.32. The van der Waals surface area contributed by atoms with Gasteiger partial charge in [-0.15, -0.1) is 13.2 Å². The second-order valence-corrected chi connectivity index (χ2v) is 3.02. The number of rotatable bonds is 2. The normalized spacial score (nSPS) is 11.1. The van der Waals surface area contributed by atoms with Crippen molar-refractivity contribution in [3.63, 3.8) is 0 Å². The van der Waals surface area contributed by atoms with Gasteiger partial charge < -0.3 is 4.74 Å². The fourth-order valence-corrected chi connectivity index (χ4v) is 1.04. The third-order valence-corrected chi connectivity index (χ3v) is 1.65. The number of ether oxygens (including phenoxy) is 1. The summed E-state index contributed by atoms with van der Waals surface area (Å²) < 4.78 is 39.2. The first-order valence-electron chi connectivity index (χ1n) is 3.29. The van der Waals surface area contributed by atoms with Gasteiger partial charge in [-0.3, -0.25) is 4.79 Å². The molecule has 0 aromatic carbocycles. The van der Waals surface area contributed by atoms with Crippen LogP contribution in [-0.4, -0.2) is 17.6 Å². The van der Waals surface area contributed by atoms with Gasteiger partial charge in [-0.1, -0.05) is 0 Å². The van der Waals surface area contributed by atoms with Crippen molar-refractivity contribution >= 4 is 22.2 Å². The van der Waals surface area contributed by atoms with Crippen LogP contribution >= 0.6 is 15.9 Å². The summed E-state index contributed by atoms with van der Waals surface area (Å²) in [4.78, 5) is 13.9. The molecule has 0 N–H and O–H groups in total. The summed E-state index contributed by atoms with van der Waals surface area (Å²) >= 11 is 2.86. The molecule has 14 heavy (non-hydrogen) atoms. The summed E-state index contributed by atoms with van der Waals surface area (Å²) in [5.74, 6) is -0.575. The van der Waals surface area contributed by atoms with Gasteiger partial charge in [0.05, 0.1) is 5.56 Å². The van der Waals surface area contributed by atoms with E-state index >= 15 is 0 Å². The number of alkyl halides is 3. The zero-order valence-electron chi connectivity index (χ0n) is 6.51. The van der Waals surface area contributed by atoms with E-state index < -0.39 is 12.1 Å². The Hall–Kier alpha value is -1.11. The van der Waals surface area contributed by atoms with Gasteiger partial charge in [0.15, 0.2) is 6.29 Å². The summed E-state index contributed by atoms with van der Waals surface area (Å²) in [5, 5.41) is 0. The first-order chi connectivity index (χ1) is 6.42. The second-order valence-electron chi connectivity index (χ2n) is 2.21. The minimum absolute atomic E-state index is 0.155. The fraction of sp³-hybridized carbons (Fsp3) is 0.143. The van der Waals surface area contributed by atoms with Crippen molar-refractivity contribution in [3.8, 4) is 5.75 Å². The Balaban J connectivity index is 3.05. The molecule has 0 radical (unpaired) electrons. The number of pyridine rings is 1. The van der Waals surface area contributed by atoms with E-state index in [0.717, 1.165) is 12.3 Å². The van der Waals surface area contributed by atoms with Crippen LogP contribution in [0.2, 0.25) is 0 Å². The molecular formula is C7H3BrF3NO2. The van der Waals surface area contributed by atoms with Crippen LogP contribution in [0, 0.1) is 0 Å². The molecule has 0 fully saturated rings. The third-order valence-electron chi connectivity index (χ3n) is 1.21. The van der Waals surface area contributed by atoms with E-state index in [1.54, 1.807) is 0 Å². The first kappa shape index (κ1) is 11.0. The standard InChI is InChI=1S/C7H3BrF3NO2/c8-6-1-5(14-7(9,10)11)4(3-13)2-12-6/h1-3H. The van der Waals surface area contributed by atoms with Gasteiger partial charge in [-0.2, -0.15) is 0 Å². The van der Waals surface area contributed by atoms with E-state index in [4.69, 9.17) is 0 Å². The van der Waals surface area contributed by atoms with Crippen molar-refractivity contribution in [2.24, 2.45) is 0 Å². The molecule has 0 aliphatic carbocycles. The maximum Gasteiger partial charge on any atom is 0.573 e. The smallest absolute Gasteiger partial charge is 0.405 e. The largest absolute Gasteiger partial charge is 0.573 e. The number of carbonyl (C=O) groups is 1. The van der Waals surface area contributed by atoms with E-state index in [0.29, 0.717) is 0 Å². The summed E-state index contributed by atoms with van der Waals surface area (Å²) in [7, 11) is 0. The van der Waals surface area contributed by atoms with Gasteiger partial charge in [-0.25, -0.2) is 4.98 Å². The lowest BCUT2D eigenvalue weighted by Crippen LogP contribution is -2.18. The predicted molar refractivity (Wildman–Crippen MR) is 44.0 cm³/mol. The Morgan fingerprint density at radius 2 is 2.14 bits per heavy atom. The van der Waals surface area contributed by atoms with E-state index in [-0.39, 0.29) is 16.5 Å². The molecule has 1 rings (SSSR count). The van der Waals surface area contributed by atoms with Crippen molar-refractivity contribution in [1.82, 2.24) is 4.98 Å². The lowest BCUT2D eigenvalue weighted by atomic mass is 10.3. The molecule has 0 amide bonds. The van der Waals surface area contributed by atoms with E-state index in [1.807, 2.05) is 0 Å². The summed E-state index contributed by atoms with van der Waals surface area (Å²) in [6, 6.07) is 0.969. The Bertz CT molecular complexity index is 353. The maximum absolute atomic E-state index is 11.8. The van der Waals surface area contributed by atoms with Gasteiger partial charge in [0.2, 0.25) is 0 Å². The molecule has 0 aliphatic rings. The van der Waals surface area contributed by atoms with E-state index in [2.05, 4.69) is 25.7 Å². The Kier molecular flexibility index (Phi) is 3.10. The number of nitrogens with zero attached hydrogens (tertiary/aromatic N) is 1. The molecule has 3 nitrogen and oxygen atoms in total. The molecule has 1 aromatic heterocycles. The zero-order chi connectivity index (χ0) is 10.8. The van der Waals surface area contributed by atoms with Gasteiger partial charge in [0.25, 0.3) is 0 Å². The van der Waals surface area contributed by atoms with Crippen molar-refractivity contribution < 1.29 is 22.7 Å². The Morgan fingerprint density at radius 3 is 2.64 bits per heavy atom. The third kappa shape index (κ3) is 2.99. The molecule has 0 saturated carbocycles. The lowest BCUT2D eigenvalue weighted by Gasteiger charge is -2.10. The van der Waals surface area contributed by atoms with Crippen LogP contribution in [0.1, 0.15) is 10.4 Å². The quantitative estimate of drug-likeness (QED) is 0.612. The van der Waals surface area contributed by atoms with Crippen molar-refractivity contribution in [2.45, 2.75) is 6.36 Å². The molecule has 76 valence electrons. The molecule has 0 atom stereocenters. The number of hydrogen-bond donors (Lipinski definition) is 0. The molecule has 0 spiro atoms. The summed E-state index contributed by atoms with van der Waals surface area (Å²) in [6.45, 7) is 0. The van der Waals surface area contributed by atoms with Crippen LogP contribution in [0.4, 0.5) is 13.2 Å². The van der Waals surface area contributed by atoms with Crippen LogP contribution in [0.25, 0.3) is 0 Å². The van der Waals surface area contributed by atoms with Gasteiger partial charge >= 0.3 is 6.36 Å². The average Bonchev–Trinajstić information content (AvgIpc) is 2.01. The molecule has 0 aliphatic heterocycles. The van der Waals surface area contributed by atoms with E-state index in [1.165, 1.54) is 0 Å². The molecule has 1 heterocycles. The van der Waals surface area contributed by atoms with Gasteiger partial charge in [-0.05, 0) is 15.9 Å². The maximum atomic E-state index is 11.8. The van der Waals surface area contributed by atoms with Crippen molar-refractivity contribution in [1.29, 1.82) is 0 Å². The topological polar surface area (TPSA) is 39.2 Å². The Morgan fingerprint density at radius 1 is 1.50 bits per heavy atom. The number of aldehydes is 1. The second kappa shape index (κ2) is 3.95. The van der Waals surface area contributed by atoms with Crippen LogP contribution < -0.4 is 4.74 Å². The minimum atomic E-state index is -4.82. The van der Waals surface area contributed by atoms with Crippen LogP contribution in [0.15, 0.2) is 16.9 Å². The highest BCUT2D eigenvalue weighted by atomic mass is 79.9. The monoisotopic (exact) mass is 269 g/mol. The molecule has 7 heteroatoms. The first-order valence-corrected chi connectivity index (χ1v) is 4.08. The molecular weight excluding hydrogens is 267 g/mol. The fourth-order valence-electron chi connectivity index (χ4n) is 0.725. The lowest BCUT2D eigenvalue weighted by molar-refractivity contribution is -0.274. The predicted octanol–water partition coefficient (Wildman–Crippen LogP) is 2.56. The Labute approximate surface area is 85.0 Å². The van der Waals surface area contributed by atoms with E-state index in [9.17, 15) is 18.0 Å². The number of aromatic nitrogens is 1. The molecule has 0 saturated heterocycles. The molecule has 1 aromatic rings. The number of hydrogen-bond acceptors (Lipinski definition) is 3. The van der Waals surface area contributed by atoms with Crippen molar-refractivity contribution in [2.75, 3.05) is 0 Å². The summed E-state index contributed by atoms with van der Waals surface area (Å²) in [6.07, 6.45) is -3.60. The highest BCUT2D eigenvalue weighted by Crippen LogP contribution is 2.26. The molecule has 0 bridgehead atoms. The average molecular weight is 270 g/mol. The van der Waals surface area contributed by atoms with Crippen LogP contribution in [0.5, 0.6) is 5.75 Å². The molecule has 0 unspecified atom stereocenters. The van der Waals surface area contributed by atoms with Gasteiger partial charge in [0, 0.05) is 12.3 Å². The van der Waals surface area contributed by atoms with Gasteiger partial charge in [0.1, 0.15) is 10.4 Å². The highest BCUT2D eigenvalue weighted by molar-refractivity contribution is 9.10. The van der Waals surface area contributed by atoms with Crippen LogP contribution in [-0.2, 0) is 0 Å². The SMILES string of the molecule is O=Cc1cnc(Br)cc1OC(F)(F)F. The van der Waals surface area contributed by atoms with Crippen LogP contribution in [0.3, 0.4) is 0 Å². The zero-order valence-corrected chi connectivity index (χ0v) is 8.09. The minimum Gasteiger partial charge on any atom is -0.405 e.